The number of aryl methyl sites for hydroxylation is 2. The van der Waals surface area contributed by atoms with Crippen LogP contribution in [-0.2, 0) is 38.6 Å². The number of halogens is 3. The molecule has 0 bridgehead atoms. The number of benzene rings is 2. The second kappa shape index (κ2) is 9.63. The topological polar surface area (TPSA) is 101 Å². The third-order valence-electron chi connectivity index (χ3n) is 4.66. The Morgan fingerprint density at radius 3 is 2.21 bits per heavy atom. The van der Waals surface area contributed by atoms with E-state index in [0.717, 1.165) is 12.5 Å². The van der Waals surface area contributed by atoms with Gasteiger partial charge < -0.3 is 5.32 Å². The van der Waals surface area contributed by atoms with Crippen LogP contribution >= 0.6 is 0 Å². The molecule has 12 heteroatoms. The van der Waals surface area contributed by atoms with E-state index < -0.39 is 31.3 Å². The van der Waals surface area contributed by atoms with Crippen LogP contribution in [0.3, 0.4) is 0 Å². The zero-order chi connectivity index (χ0) is 25.1. The number of nitrogens with zero attached hydrogens (tertiary/aromatic N) is 2. The quantitative estimate of drug-likeness (QED) is 0.441. The Morgan fingerprint density at radius 1 is 0.971 bits per heavy atom. The lowest BCUT2D eigenvalue weighted by Gasteiger charge is -2.14. The number of alkyl halides is 3. The molecule has 0 fully saturated rings. The van der Waals surface area contributed by atoms with Crippen molar-refractivity contribution in [3.05, 3.63) is 71.5 Å². The predicted octanol–water partition coefficient (Wildman–Crippen LogP) is 4.10. The molecule has 0 spiro atoms. The Morgan fingerprint density at radius 2 is 1.62 bits per heavy atom. The summed E-state index contributed by atoms with van der Waals surface area (Å²) >= 11 is 0. The number of sulfonamides is 1. The highest BCUT2D eigenvalue weighted by Crippen LogP contribution is 2.32. The van der Waals surface area contributed by atoms with Crippen LogP contribution < -0.4 is 10.0 Å². The van der Waals surface area contributed by atoms with Crippen LogP contribution in [0, 0.1) is 0 Å². The maximum atomic E-state index is 13.5. The fraction of sp³-hybridized carbons (Fsp3) is 0.227. The van der Waals surface area contributed by atoms with Gasteiger partial charge in [-0.3, -0.25) is 8.93 Å². The third-order valence-corrected chi connectivity index (χ3v) is 6.52. The zero-order valence-electron chi connectivity index (χ0n) is 18.4. The predicted molar refractivity (Wildman–Crippen MR) is 129 cm³/mol. The summed E-state index contributed by atoms with van der Waals surface area (Å²) in [6.45, 7) is 0. The van der Waals surface area contributed by atoms with Crippen LogP contribution in [0.2, 0.25) is 0 Å². The number of hydrogen-bond donors (Lipinski definition) is 2. The standard InChI is InChI=1S/C22H23F3N4O3S2/c1-33(2,30)18-6-4-5-15(13-18)7-12-20-19(22(23,24)25)14-26-21(28-20)27-16-8-10-17(11-9-16)29-34(3,31)32/h4-6,8-11,13-14,29H,1,7,12H2,2-3H3,(H,26,27,28). The van der Waals surface area contributed by atoms with Gasteiger partial charge in [-0.05, 0) is 70.2 Å². The summed E-state index contributed by atoms with van der Waals surface area (Å²) in [7, 11) is -5.88. The smallest absolute Gasteiger partial charge is 0.324 e. The summed E-state index contributed by atoms with van der Waals surface area (Å²) in [5.41, 5.74) is 0.398. The van der Waals surface area contributed by atoms with Crippen molar-refractivity contribution >= 4 is 42.7 Å². The summed E-state index contributed by atoms with van der Waals surface area (Å²) in [4.78, 5) is 8.39. The van der Waals surface area contributed by atoms with E-state index in [1.807, 2.05) is 0 Å². The Balaban J connectivity index is 1.83. The van der Waals surface area contributed by atoms with Gasteiger partial charge in [0.25, 0.3) is 0 Å². The molecule has 0 saturated heterocycles. The van der Waals surface area contributed by atoms with Crippen LogP contribution in [0.15, 0.2) is 59.6 Å². The maximum absolute atomic E-state index is 13.5. The second-order valence-corrected chi connectivity index (χ2v) is 12.0. The van der Waals surface area contributed by atoms with E-state index in [4.69, 9.17) is 0 Å². The van der Waals surface area contributed by atoms with Gasteiger partial charge in [0.05, 0.1) is 17.5 Å². The number of aromatic nitrogens is 2. The normalized spacial score (nSPS) is 13.8. The van der Waals surface area contributed by atoms with Gasteiger partial charge in [0.1, 0.15) is 0 Å². The molecule has 1 unspecified atom stereocenters. The number of anilines is 3. The molecular formula is C22H23F3N4O3S2. The minimum absolute atomic E-state index is 0.0191. The van der Waals surface area contributed by atoms with Crippen molar-refractivity contribution in [2.75, 3.05) is 22.6 Å². The van der Waals surface area contributed by atoms with Crippen LogP contribution in [0.25, 0.3) is 0 Å². The molecule has 182 valence electrons. The summed E-state index contributed by atoms with van der Waals surface area (Å²) in [6.07, 6.45) is -1.15. The number of rotatable bonds is 8. The SMILES string of the molecule is C=S(C)(=O)c1cccc(CCc2nc(Nc3ccc(NS(C)(=O)=O)cc3)ncc2C(F)(F)F)c1. The largest absolute Gasteiger partial charge is 0.419 e. The van der Waals surface area contributed by atoms with Crippen molar-refractivity contribution in [3.63, 3.8) is 0 Å². The first-order valence-electron chi connectivity index (χ1n) is 9.90. The van der Waals surface area contributed by atoms with E-state index in [1.165, 1.54) is 18.4 Å². The van der Waals surface area contributed by atoms with Gasteiger partial charge in [-0.25, -0.2) is 18.4 Å². The molecule has 1 heterocycles. The first kappa shape index (κ1) is 25.5. The maximum Gasteiger partial charge on any atom is 0.419 e. The molecule has 0 aliphatic carbocycles. The lowest BCUT2D eigenvalue weighted by molar-refractivity contribution is -0.138. The highest BCUT2D eigenvalue weighted by Gasteiger charge is 2.34. The van der Waals surface area contributed by atoms with Gasteiger partial charge in [0.15, 0.2) is 0 Å². The highest BCUT2D eigenvalue weighted by molar-refractivity contribution is 7.99. The van der Waals surface area contributed by atoms with Gasteiger partial charge in [-0.15, -0.1) is 0 Å². The van der Waals surface area contributed by atoms with Crippen molar-refractivity contribution < 1.29 is 25.8 Å². The van der Waals surface area contributed by atoms with Gasteiger partial charge in [-0.1, -0.05) is 12.1 Å². The first-order valence-corrected chi connectivity index (χ1v) is 13.9. The van der Waals surface area contributed by atoms with Crippen LogP contribution in [0.4, 0.5) is 30.5 Å². The molecule has 0 saturated carbocycles. The lowest BCUT2D eigenvalue weighted by atomic mass is 10.1. The summed E-state index contributed by atoms with van der Waals surface area (Å²) in [6, 6.07) is 12.9. The molecule has 3 aromatic rings. The molecule has 1 atom stereocenters. The Labute approximate surface area is 196 Å². The summed E-state index contributed by atoms with van der Waals surface area (Å²) < 4.78 is 77.7. The van der Waals surface area contributed by atoms with E-state index >= 15 is 0 Å². The third kappa shape index (κ3) is 7.19. The van der Waals surface area contributed by atoms with E-state index in [2.05, 4.69) is 25.9 Å². The molecular weight excluding hydrogens is 489 g/mol. The fourth-order valence-electron chi connectivity index (χ4n) is 3.10. The van der Waals surface area contributed by atoms with Crippen LogP contribution in [0.1, 0.15) is 16.8 Å². The van der Waals surface area contributed by atoms with Gasteiger partial charge in [0, 0.05) is 28.7 Å². The van der Waals surface area contributed by atoms with E-state index in [1.54, 1.807) is 36.4 Å². The zero-order valence-corrected chi connectivity index (χ0v) is 20.0. The molecule has 0 aliphatic heterocycles. The Bertz CT molecular complexity index is 1390. The molecule has 2 N–H and O–H groups in total. The average molecular weight is 513 g/mol. The van der Waals surface area contributed by atoms with Gasteiger partial charge in [0.2, 0.25) is 16.0 Å². The molecule has 0 radical (unpaired) electrons. The van der Waals surface area contributed by atoms with Crippen molar-refractivity contribution in [1.82, 2.24) is 9.97 Å². The van der Waals surface area contributed by atoms with Crippen molar-refractivity contribution in [1.29, 1.82) is 0 Å². The molecule has 1 aromatic heterocycles. The molecule has 2 aromatic carbocycles. The Hall–Kier alpha value is -3.12. The summed E-state index contributed by atoms with van der Waals surface area (Å²) in [5.74, 6) is 3.60. The highest BCUT2D eigenvalue weighted by atomic mass is 32.2. The van der Waals surface area contributed by atoms with Gasteiger partial charge >= 0.3 is 6.18 Å². The first-order chi connectivity index (χ1) is 15.7. The van der Waals surface area contributed by atoms with E-state index in [9.17, 15) is 25.8 Å². The Kier molecular flexibility index (Phi) is 7.22. The van der Waals surface area contributed by atoms with E-state index in [-0.39, 0.29) is 24.5 Å². The fourth-order valence-corrected chi connectivity index (χ4v) is 4.43. The lowest BCUT2D eigenvalue weighted by Crippen LogP contribution is -2.14. The molecule has 3 rings (SSSR count). The summed E-state index contributed by atoms with van der Waals surface area (Å²) in [5, 5.41) is 2.83. The molecule has 7 nitrogen and oxygen atoms in total. The van der Waals surface area contributed by atoms with Crippen LogP contribution in [-0.4, -0.2) is 41.0 Å². The van der Waals surface area contributed by atoms with Gasteiger partial charge in [-0.2, -0.15) is 13.2 Å². The number of nitrogens with one attached hydrogen (secondary N) is 2. The van der Waals surface area contributed by atoms with Crippen molar-refractivity contribution in [3.8, 4) is 0 Å². The van der Waals surface area contributed by atoms with Crippen molar-refractivity contribution in [2.45, 2.75) is 23.9 Å². The minimum atomic E-state index is -4.63. The molecule has 0 aliphatic rings. The van der Waals surface area contributed by atoms with E-state index in [0.29, 0.717) is 21.8 Å². The minimum Gasteiger partial charge on any atom is -0.324 e. The second-order valence-electron chi connectivity index (χ2n) is 7.78. The molecule has 34 heavy (non-hydrogen) atoms. The monoisotopic (exact) mass is 512 g/mol. The van der Waals surface area contributed by atoms with Crippen LogP contribution in [0.5, 0.6) is 0 Å². The number of hydrogen-bond acceptors (Lipinski definition) is 6. The molecule has 0 amide bonds. The van der Waals surface area contributed by atoms with Crippen molar-refractivity contribution in [2.24, 2.45) is 0 Å². The average Bonchev–Trinajstić information content (AvgIpc) is 2.71.